The third-order valence-electron chi connectivity index (χ3n) is 3.68. The van der Waals surface area contributed by atoms with E-state index < -0.39 is 5.97 Å². The molecule has 1 N–H and O–H groups in total. The molecule has 1 aromatic carbocycles. The van der Waals surface area contributed by atoms with Crippen molar-refractivity contribution in [2.75, 3.05) is 20.2 Å². The number of benzene rings is 1. The summed E-state index contributed by atoms with van der Waals surface area (Å²) in [6.07, 6.45) is 1.70. The number of piperidine rings is 1. The highest BCUT2D eigenvalue weighted by Crippen LogP contribution is 2.22. The summed E-state index contributed by atoms with van der Waals surface area (Å²) in [4.78, 5) is 24.8. The van der Waals surface area contributed by atoms with Gasteiger partial charge in [0.2, 0.25) is 0 Å². The van der Waals surface area contributed by atoms with Gasteiger partial charge in [0, 0.05) is 25.1 Å². The minimum Gasteiger partial charge on any atom is -0.497 e. The molecule has 5 heteroatoms. The second-order valence-corrected chi connectivity index (χ2v) is 5.07. The molecule has 0 saturated carbocycles. The third kappa shape index (κ3) is 3.50. The van der Waals surface area contributed by atoms with Crippen LogP contribution in [0.3, 0.4) is 0 Å². The molecule has 1 fully saturated rings. The number of likely N-dealkylation sites (tertiary alicyclic amines) is 1. The monoisotopic (exact) mass is 277 g/mol. The lowest BCUT2D eigenvalue weighted by Gasteiger charge is -2.31. The van der Waals surface area contributed by atoms with Gasteiger partial charge in [0.15, 0.2) is 0 Å². The number of carboxylic acids is 1. The van der Waals surface area contributed by atoms with E-state index >= 15 is 0 Å². The molecule has 0 unspecified atom stereocenters. The van der Waals surface area contributed by atoms with Gasteiger partial charge in [-0.05, 0) is 37.0 Å². The first-order chi connectivity index (χ1) is 9.60. The number of ether oxygens (including phenoxy) is 1. The van der Waals surface area contributed by atoms with Gasteiger partial charge in [0.1, 0.15) is 5.75 Å². The summed E-state index contributed by atoms with van der Waals surface area (Å²) in [7, 11) is 1.57. The summed E-state index contributed by atoms with van der Waals surface area (Å²) >= 11 is 0. The zero-order valence-electron chi connectivity index (χ0n) is 11.5. The van der Waals surface area contributed by atoms with Gasteiger partial charge in [0.25, 0.3) is 5.91 Å². The summed E-state index contributed by atoms with van der Waals surface area (Å²) < 4.78 is 5.12. The second kappa shape index (κ2) is 6.41. The minimum absolute atomic E-state index is 0.0160. The molecule has 0 aromatic heterocycles. The Bertz CT molecular complexity index is 492. The number of aliphatic carboxylic acids is 1. The summed E-state index contributed by atoms with van der Waals surface area (Å²) in [5.74, 6) is 0.0683. The quantitative estimate of drug-likeness (QED) is 0.914. The number of carboxylic acid groups (broad SMARTS) is 1. The first-order valence-electron chi connectivity index (χ1n) is 6.75. The van der Waals surface area contributed by atoms with Gasteiger partial charge in [-0.3, -0.25) is 9.59 Å². The van der Waals surface area contributed by atoms with E-state index in [1.54, 1.807) is 36.3 Å². The largest absolute Gasteiger partial charge is 0.497 e. The van der Waals surface area contributed by atoms with Crippen molar-refractivity contribution in [1.29, 1.82) is 0 Å². The fourth-order valence-electron chi connectivity index (χ4n) is 2.53. The Hall–Kier alpha value is -2.04. The fourth-order valence-corrected chi connectivity index (χ4v) is 2.53. The van der Waals surface area contributed by atoms with Crippen molar-refractivity contribution in [3.8, 4) is 5.75 Å². The van der Waals surface area contributed by atoms with Crippen molar-refractivity contribution < 1.29 is 19.4 Å². The van der Waals surface area contributed by atoms with Gasteiger partial charge in [-0.25, -0.2) is 0 Å². The molecule has 2 rings (SSSR count). The fraction of sp³-hybridized carbons (Fsp3) is 0.467. The molecule has 108 valence electrons. The summed E-state index contributed by atoms with van der Waals surface area (Å²) in [6, 6.07) is 7.10. The molecule has 0 radical (unpaired) electrons. The van der Waals surface area contributed by atoms with Crippen molar-refractivity contribution in [2.45, 2.75) is 19.3 Å². The average Bonchev–Trinajstić information content (AvgIpc) is 2.47. The van der Waals surface area contributed by atoms with Crippen molar-refractivity contribution in [3.05, 3.63) is 29.8 Å². The van der Waals surface area contributed by atoms with Crippen molar-refractivity contribution in [2.24, 2.45) is 5.92 Å². The predicted molar refractivity (Wildman–Crippen MR) is 73.9 cm³/mol. The minimum atomic E-state index is -0.762. The van der Waals surface area contributed by atoms with Crippen LogP contribution in [0, 0.1) is 5.92 Å². The Labute approximate surface area is 118 Å². The van der Waals surface area contributed by atoms with E-state index in [1.807, 2.05) is 0 Å². The van der Waals surface area contributed by atoms with Gasteiger partial charge in [0.05, 0.1) is 7.11 Å². The Morgan fingerprint density at radius 3 is 2.65 bits per heavy atom. The van der Waals surface area contributed by atoms with Crippen molar-refractivity contribution in [1.82, 2.24) is 4.90 Å². The number of hydrogen-bond donors (Lipinski definition) is 1. The Balaban J connectivity index is 1.96. The maximum atomic E-state index is 12.4. The van der Waals surface area contributed by atoms with Crippen LogP contribution in [-0.4, -0.2) is 42.1 Å². The van der Waals surface area contributed by atoms with Crippen LogP contribution in [0.1, 0.15) is 29.6 Å². The van der Waals surface area contributed by atoms with Gasteiger partial charge >= 0.3 is 5.97 Å². The molecule has 1 aliphatic rings. The summed E-state index contributed by atoms with van der Waals surface area (Å²) in [5.41, 5.74) is 0.612. The number of hydrogen-bond acceptors (Lipinski definition) is 3. The van der Waals surface area contributed by atoms with E-state index in [9.17, 15) is 9.59 Å². The Morgan fingerprint density at radius 2 is 2.05 bits per heavy atom. The number of nitrogens with zero attached hydrogens (tertiary/aromatic N) is 1. The normalized spacial score (nSPS) is 15.9. The molecular weight excluding hydrogens is 258 g/mol. The highest BCUT2D eigenvalue weighted by atomic mass is 16.5. The number of carbonyl (C=O) groups excluding carboxylic acids is 1. The van der Waals surface area contributed by atoms with Crippen LogP contribution >= 0.6 is 0 Å². The Morgan fingerprint density at radius 1 is 1.35 bits per heavy atom. The molecule has 20 heavy (non-hydrogen) atoms. The highest BCUT2D eigenvalue weighted by molar-refractivity contribution is 5.94. The van der Waals surface area contributed by atoms with Crippen LogP contribution in [0.4, 0.5) is 0 Å². The molecule has 1 aromatic rings. The van der Waals surface area contributed by atoms with E-state index in [2.05, 4.69) is 0 Å². The van der Waals surface area contributed by atoms with E-state index in [-0.39, 0.29) is 18.2 Å². The van der Waals surface area contributed by atoms with Gasteiger partial charge < -0.3 is 14.7 Å². The van der Waals surface area contributed by atoms with Gasteiger partial charge in [-0.15, -0.1) is 0 Å². The van der Waals surface area contributed by atoms with Crippen LogP contribution in [0.2, 0.25) is 0 Å². The summed E-state index contributed by atoms with van der Waals surface area (Å²) in [6.45, 7) is 1.24. The van der Waals surface area contributed by atoms with Crippen LogP contribution in [0.25, 0.3) is 0 Å². The topological polar surface area (TPSA) is 66.8 Å². The van der Waals surface area contributed by atoms with Crippen molar-refractivity contribution >= 4 is 11.9 Å². The second-order valence-electron chi connectivity index (χ2n) is 5.07. The van der Waals surface area contributed by atoms with Crippen molar-refractivity contribution in [3.63, 3.8) is 0 Å². The van der Waals surface area contributed by atoms with Gasteiger partial charge in [-0.1, -0.05) is 6.07 Å². The smallest absolute Gasteiger partial charge is 0.303 e. The van der Waals surface area contributed by atoms with Crippen LogP contribution < -0.4 is 4.74 Å². The first kappa shape index (κ1) is 14.4. The third-order valence-corrected chi connectivity index (χ3v) is 3.68. The first-order valence-corrected chi connectivity index (χ1v) is 6.75. The predicted octanol–water partition coefficient (Wildman–Crippen LogP) is 2.02. The molecule has 1 amide bonds. The van der Waals surface area contributed by atoms with E-state index in [4.69, 9.17) is 9.84 Å². The van der Waals surface area contributed by atoms with Crippen LogP contribution in [0.15, 0.2) is 24.3 Å². The zero-order valence-corrected chi connectivity index (χ0v) is 11.5. The van der Waals surface area contributed by atoms with Crippen LogP contribution in [-0.2, 0) is 4.79 Å². The van der Waals surface area contributed by atoms with E-state index in [1.165, 1.54) is 0 Å². The number of amides is 1. The highest BCUT2D eigenvalue weighted by Gasteiger charge is 2.25. The molecule has 0 spiro atoms. The lowest BCUT2D eigenvalue weighted by Crippen LogP contribution is -2.38. The number of rotatable bonds is 4. The molecular formula is C15H19NO4. The average molecular weight is 277 g/mol. The standard InChI is InChI=1S/C15H19NO4/c1-20-13-4-2-3-12(10-13)15(19)16-7-5-11(6-8-16)9-14(17)18/h2-4,10-11H,5-9H2,1H3,(H,17,18). The molecule has 0 aliphatic carbocycles. The molecule has 1 aliphatic heterocycles. The molecule has 5 nitrogen and oxygen atoms in total. The van der Waals surface area contributed by atoms with Crippen LogP contribution in [0.5, 0.6) is 5.75 Å². The maximum absolute atomic E-state index is 12.4. The lowest BCUT2D eigenvalue weighted by molar-refractivity contribution is -0.138. The molecule has 1 heterocycles. The number of carbonyl (C=O) groups is 2. The van der Waals surface area contributed by atoms with Gasteiger partial charge in [-0.2, -0.15) is 0 Å². The maximum Gasteiger partial charge on any atom is 0.303 e. The SMILES string of the molecule is COc1cccc(C(=O)N2CCC(CC(=O)O)CC2)c1. The van der Waals surface area contributed by atoms with E-state index in [0.717, 1.165) is 12.8 Å². The summed E-state index contributed by atoms with van der Waals surface area (Å²) in [5, 5.41) is 8.78. The number of methoxy groups -OCH3 is 1. The Kier molecular flexibility index (Phi) is 4.61. The zero-order chi connectivity index (χ0) is 14.5. The lowest BCUT2D eigenvalue weighted by atomic mass is 9.93. The molecule has 0 bridgehead atoms. The molecule has 1 saturated heterocycles. The molecule has 0 atom stereocenters. The van der Waals surface area contributed by atoms with E-state index in [0.29, 0.717) is 24.4 Å².